The van der Waals surface area contributed by atoms with Crippen LogP contribution in [0, 0.1) is 5.92 Å². The molecule has 1 aliphatic rings. The number of amides is 1. The summed E-state index contributed by atoms with van der Waals surface area (Å²) in [5.74, 6) is 0.325. The van der Waals surface area contributed by atoms with Crippen LogP contribution in [-0.4, -0.2) is 19.0 Å². The number of benzene rings is 1. The maximum absolute atomic E-state index is 12.6. The molecule has 0 bridgehead atoms. The van der Waals surface area contributed by atoms with E-state index in [-0.39, 0.29) is 17.4 Å². The Morgan fingerprint density at radius 3 is 2.33 bits per heavy atom. The van der Waals surface area contributed by atoms with Crippen molar-refractivity contribution in [3.8, 4) is 0 Å². The number of halogens is 1. The van der Waals surface area contributed by atoms with E-state index in [9.17, 15) is 4.79 Å². The molecule has 1 amide bonds. The second kappa shape index (κ2) is 7.28. The maximum Gasteiger partial charge on any atom is 0.223 e. The average Bonchev–Trinajstić information content (AvgIpc) is 2.54. The van der Waals surface area contributed by atoms with E-state index in [1.807, 2.05) is 24.3 Å². The molecule has 0 spiro atoms. The van der Waals surface area contributed by atoms with Crippen molar-refractivity contribution in [2.75, 3.05) is 13.1 Å². The summed E-state index contributed by atoms with van der Waals surface area (Å²) in [7, 11) is 0. The van der Waals surface area contributed by atoms with Gasteiger partial charge in [-0.1, -0.05) is 37.6 Å². The third-order valence-electron chi connectivity index (χ3n) is 4.68. The zero-order valence-electron chi connectivity index (χ0n) is 12.9. The van der Waals surface area contributed by atoms with Gasteiger partial charge in [0.1, 0.15) is 0 Å². The number of hydrogen-bond donors (Lipinski definition) is 2. The molecule has 0 radical (unpaired) electrons. The predicted octanol–water partition coefficient (Wildman–Crippen LogP) is 3.47. The largest absolute Gasteiger partial charge is 0.346 e. The van der Waals surface area contributed by atoms with Gasteiger partial charge in [-0.25, -0.2) is 0 Å². The van der Waals surface area contributed by atoms with Crippen molar-refractivity contribution in [3.63, 3.8) is 0 Å². The molecule has 1 aromatic rings. The molecule has 0 aromatic heterocycles. The molecule has 2 rings (SSSR count). The number of carbonyl (C=O) groups excluding carboxylic acids is 1. The first-order valence-corrected chi connectivity index (χ1v) is 8.28. The van der Waals surface area contributed by atoms with Gasteiger partial charge in [-0.3, -0.25) is 4.79 Å². The van der Waals surface area contributed by atoms with E-state index in [4.69, 9.17) is 11.6 Å². The van der Waals surface area contributed by atoms with E-state index in [1.165, 1.54) is 0 Å². The third-order valence-corrected chi connectivity index (χ3v) is 4.93. The Morgan fingerprint density at radius 2 is 1.81 bits per heavy atom. The highest BCUT2D eigenvalue weighted by Gasteiger charge is 2.33. The van der Waals surface area contributed by atoms with Crippen LogP contribution in [0.1, 0.15) is 45.1 Å². The van der Waals surface area contributed by atoms with Gasteiger partial charge in [0, 0.05) is 10.9 Å². The van der Waals surface area contributed by atoms with Crippen LogP contribution in [0.4, 0.5) is 0 Å². The van der Waals surface area contributed by atoms with Gasteiger partial charge >= 0.3 is 0 Å². The van der Waals surface area contributed by atoms with Crippen molar-refractivity contribution in [1.82, 2.24) is 10.6 Å². The van der Waals surface area contributed by atoms with Gasteiger partial charge in [0.15, 0.2) is 0 Å². The number of carbonyl (C=O) groups is 1. The van der Waals surface area contributed by atoms with Gasteiger partial charge < -0.3 is 10.6 Å². The highest BCUT2D eigenvalue weighted by atomic mass is 35.5. The first-order valence-electron chi connectivity index (χ1n) is 7.90. The average molecular weight is 309 g/mol. The molecule has 3 nitrogen and oxygen atoms in total. The molecule has 0 unspecified atom stereocenters. The molecule has 1 aliphatic heterocycles. The quantitative estimate of drug-likeness (QED) is 0.874. The van der Waals surface area contributed by atoms with E-state index in [0.717, 1.165) is 49.4 Å². The number of rotatable bonds is 5. The van der Waals surface area contributed by atoms with Gasteiger partial charge in [0.25, 0.3) is 0 Å². The Labute approximate surface area is 132 Å². The smallest absolute Gasteiger partial charge is 0.223 e. The fourth-order valence-electron chi connectivity index (χ4n) is 3.10. The standard InChI is InChI=1S/C17H25ClN2O/c1-3-17(4-2,14-5-7-15(18)8-6-14)20-16(21)13-9-11-19-12-10-13/h5-8,13,19H,3-4,9-12H2,1-2H3,(H,20,21). The van der Waals surface area contributed by atoms with Crippen LogP contribution in [0.2, 0.25) is 5.02 Å². The Bertz CT molecular complexity index is 462. The Morgan fingerprint density at radius 1 is 1.24 bits per heavy atom. The van der Waals surface area contributed by atoms with Gasteiger partial charge in [-0.2, -0.15) is 0 Å². The molecule has 1 heterocycles. The zero-order valence-corrected chi connectivity index (χ0v) is 13.7. The SMILES string of the molecule is CCC(CC)(NC(=O)C1CCNCC1)c1ccc(Cl)cc1. The van der Waals surface area contributed by atoms with Crippen LogP contribution in [0.3, 0.4) is 0 Å². The van der Waals surface area contributed by atoms with Crippen molar-refractivity contribution >= 4 is 17.5 Å². The summed E-state index contributed by atoms with van der Waals surface area (Å²) in [6, 6.07) is 7.84. The molecule has 1 saturated heterocycles. The molecule has 0 atom stereocenters. The normalized spacial score (nSPS) is 16.7. The van der Waals surface area contributed by atoms with Crippen molar-refractivity contribution in [1.29, 1.82) is 0 Å². The summed E-state index contributed by atoms with van der Waals surface area (Å²) in [6.07, 6.45) is 3.61. The minimum Gasteiger partial charge on any atom is -0.346 e. The first kappa shape index (κ1) is 16.3. The van der Waals surface area contributed by atoms with Crippen molar-refractivity contribution < 1.29 is 4.79 Å². The summed E-state index contributed by atoms with van der Waals surface area (Å²) >= 11 is 5.98. The van der Waals surface area contributed by atoms with Crippen LogP contribution in [0.5, 0.6) is 0 Å². The lowest BCUT2D eigenvalue weighted by atomic mass is 9.83. The van der Waals surface area contributed by atoms with Crippen LogP contribution in [0.15, 0.2) is 24.3 Å². The maximum atomic E-state index is 12.6. The molecule has 1 aromatic carbocycles. The Kier molecular flexibility index (Phi) is 5.65. The molecule has 1 fully saturated rings. The zero-order chi connectivity index (χ0) is 15.3. The summed E-state index contributed by atoms with van der Waals surface area (Å²) in [6.45, 7) is 6.12. The summed E-state index contributed by atoms with van der Waals surface area (Å²) in [5.41, 5.74) is 0.853. The van der Waals surface area contributed by atoms with E-state index in [0.29, 0.717) is 0 Å². The molecule has 4 heteroatoms. The Balaban J connectivity index is 2.17. The molecule has 116 valence electrons. The lowest BCUT2D eigenvalue weighted by Gasteiger charge is -2.36. The number of piperidine rings is 1. The fraction of sp³-hybridized carbons (Fsp3) is 0.588. The molecule has 21 heavy (non-hydrogen) atoms. The van der Waals surface area contributed by atoms with E-state index in [1.54, 1.807) is 0 Å². The topological polar surface area (TPSA) is 41.1 Å². The molecule has 0 saturated carbocycles. The van der Waals surface area contributed by atoms with Crippen LogP contribution >= 0.6 is 11.6 Å². The van der Waals surface area contributed by atoms with E-state index < -0.39 is 0 Å². The number of nitrogens with one attached hydrogen (secondary N) is 2. The second-order valence-corrected chi connectivity index (χ2v) is 6.25. The molecule has 0 aliphatic carbocycles. The Hall–Kier alpha value is -1.06. The molecular formula is C17H25ClN2O. The van der Waals surface area contributed by atoms with E-state index in [2.05, 4.69) is 24.5 Å². The molecular weight excluding hydrogens is 284 g/mol. The van der Waals surface area contributed by atoms with Crippen LogP contribution < -0.4 is 10.6 Å². The third kappa shape index (κ3) is 3.78. The predicted molar refractivity (Wildman–Crippen MR) is 87.4 cm³/mol. The first-order chi connectivity index (χ1) is 10.1. The van der Waals surface area contributed by atoms with Crippen LogP contribution in [-0.2, 0) is 10.3 Å². The number of hydrogen-bond acceptors (Lipinski definition) is 2. The lowest BCUT2D eigenvalue weighted by molar-refractivity contribution is -0.128. The minimum absolute atomic E-state index is 0.135. The summed E-state index contributed by atoms with van der Waals surface area (Å²) in [4.78, 5) is 12.6. The summed E-state index contributed by atoms with van der Waals surface area (Å²) < 4.78 is 0. The van der Waals surface area contributed by atoms with Gasteiger partial charge in [-0.05, 0) is 56.5 Å². The van der Waals surface area contributed by atoms with E-state index >= 15 is 0 Å². The van der Waals surface area contributed by atoms with Crippen molar-refractivity contribution in [2.45, 2.75) is 45.1 Å². The summed E-state index contributed by atoms with van der Waals surface area (Å²) in [5, 5.41) is 7.36. The monoisotopic (exact) mass is 308 g/mol. The molecule has 2 N–H and O–H groups in total. The van der Waals surface area contributed by atoms with Gasteiger partial charge in [0.2, 0.25) is 5.91 Å². The second-order valence-electron chi connectivity index (χ2n) is 5.81. The van der Waals surface area contributed by atoms with Crippen molar-refractivity contribution in [3.05, 3.63) is 34.9 Å². The highest BCUT2D eigenvalue weighted by Crippen LogP contribution is 2.30. The van der Waals surface area contributed by atoms with Gasteiger partial charge in [0.05, 0.1) is 5.54 Å². The van der Waals surface area contributed by atoms with Crippen molar-refractivity contribution in [2.24, 2.45) is 5.92 Å². The lowest BCUT2D eigenvalue weighted by Crippen LogP contribution is -2.49. The van der Waals surface area contributed by atoms with Crippen LogP contribution in [0.25, 0.3) is 0 Å². The highest BCUT2D eigenvalue weighted by molar-refractivity contribution is 6.30. The minimum atomic E-state index is -0.285. The van der Waals surface area contributed by atoms with Gasteiger partial charge in [-0.15, -0.1) is 0 Å². The fourth-order valence-corrected chi connectivity index (χ4v) is 3.22.